The maximum atomic E-state index is 11.1. The van der Waals surface area contributed by atoms with E-state index in [1.54, 1.807) is 6.92 Å². The number of ether oxygens (including phenoxy) is 1. The van der Waals surface area contributed by atoms with Crippen LogP contribution in [-0.4, -0.2) is 19.1 Å². The Hall–Kier alpha value is -0.570. The van der Waals surface area contributed by atoms with Gasteiger partial charge in [-0.1, -0.05) is 13.3 Å². The monoisotopic (exact) mass is 159 g/mol. The number of rotatable bonds is 5. The molecule has 0 fully saturated rings. The highest BCUT2D eigenvalue weighted by Gasteiger charge is 2.15. The van der Waals surface area contributed by atoms with E-state index in [-0.39, 0.29) is 11.9 Å². The first-order valence-corrected chi connectivity index (χ1v) is 4.12. The zero-order valence-electron chi connectivity index (χ0n) is 7.30. The van der Waals surface area contributed by atoms with Crippen LogP contribution in [0.5, 0.6) is 0 Å². The molecular formula is C8H17NO2. The largest absolute Gasteiger partial charge is 0.466 e. The van der Waals surface area contributed by atoms with Gasteiger partial charge in [-0.2, -0.15) is 0 Å². The van der Waals surface area contributed by atoms with Crippen molar-refractivity contribution in [1.82, 2.24) is 0 Å². The Morgan fingerprint density at radius 1 is 1.55 bits per heavy atom. The molecule has 3 nitrogen and oxygen atoms in total. The molecule has 0 aliphatic heterocycles. The molecule has 66 valence electrons. The van der Waals surface area contributed by atoms with Crippen LogP contribution in [0.1, 0.15) is 26.7 Å². The average Bonchev–Trinajstić information content (AvgIpc) is 2.00. The molecule has 3 heteroatoms. The molecule has 0 aliphatic carbocycles. The number of esters is 1. The molecule has 0 spiro atoms. The summed E-state index contributed by atoms with van der Waals surface area (Å²) in [6.45, 7) is 4.67. The number of hydrogen-bond donors (Lipinski definition) is 1. The Balaban J connectivity index is 3.71. The van der Waals surface area contributed by atoms with Crippen molar-refractivity contribution in [1.29, 1.82) is 0 Å². The van der Waals surface area contributed by atoms with Gasteiger partial charge in [0.15, 0.2) is 0 Å². The van der Waals surface area contributed by atoms with Crippen molar-refractivity contribution in [3.05, 3.63) is 0 Å². The van der Waals surface area contributed by atoms with Crippen LogP contribution in [0.3, 0.4) is 0 Å². The molecule has 0 saturated carbocycles. The third-order valence-corrected chi connectivity index (χ3v) is 1.54. The van der Waals surface area contributed by atoms with E-state index >= 15 is 0 Å². The van der Waals surface area contributed by atoms with Gasteiger partial charge < -0.3 is 10.5 Å². The van der Waals surface area contributed by atoms with Crippen LogP contribution >= 0.6 is 0 Å². The molecule has 0 aromatic heterocycles. The highest BCUT2D eigenvalue weighted by molar-refractivity contribution is 5.72. The second-order valence-corrected chi connectivity index (χ2v) is 2.47. The van der Waals surface area contributed by atoms with Crippen molar-refractivity contribution in [3.63, 3.8) is 0 Å². The molecule has 0 saturated heterocycles. The Kier molecular flexibility index (Phi) is 5.84. The highest BCUT2D eigenvalue weighted by Crippen LogP contribution is 2.06. The van der Waals surface area contributed by atoms with Crippen molar-refractivity contribution in [2.45, 2.75) is 26.7 Å². The maximum Gasteiger partial charge on any atom is 0.310 e. The number of carbonyl (C=O) groups excluding carboxylic acids is 1. The Morgan fingerprint density at radius 3 is 2.55 bits per heavy atom. The molecule has 0 rings (SSSR count). The predicted octanol–water partition coefficient (Wildman–Crippen LogP) is 0.924. The fourth-order valence-corrected chi connectivity index (χ4v) is 0.940. The second-order valence-electron chi connectivity index (χ2n) is 2.47. The van der Waals surface area contributed by atoms with Crippen LogP contribution in [0.2, 0.25) is 0 Å². The van der Waals surface area contributed by atoms with Crippen molar-refractivity contribution in [2.24, 2.45) is 11.7 Å². The molecular weight excluding hydrogens is 142 g/mol. The number of hydrogen-bond acceptors (Lipinski definition) is 3. The highest BCUT2D eigenvalue weighted by atomic mass is 16.5. The minimum absolute atomic E-state index is 0.0973. The lowest BCUT2D eigenvalue weighted by Gasteiger charge is -2.11. The summed E-state index contributed by atoms with van der Waals surface area (Å²) >= 11 is 0. The summed E-state index contributed by atoms with van der Waals surface area (Å²) in [6, 6.07) is 0. The van der Waals surface area contributed by atoms with Crippen molar-refractivity contribution in [3.8, 4) is 0 Å². The molecule has 0 heterocycles. The molecule has 0 amide bonds. The van der Waals surface area contributed by atoms with Gasteiger partial charge in [0, 0.05) is 6.54 Å². The molecule has 0 aliphatic rings. The maximum absolute atomic E-state index is 11.1. The standard InChI is InChI=1S/C8H17NO2/c1-3-5-7(6-9)8(10)11-4-2/h7H,3-6,9H2,1-2H3. The van der Waals surface area contributed by atoms with E-state index < -0.39 is 0 Å². The van der Waals surface area contributed by atoms with E-state index in [0.717, 1.165) is 12.8 Å². The summed E-state index contributed by atoms with van der Waals surface area (Å²) in [5.74, 6) is -0.253. The van der Waals surface area contributed by atoms with E-state index in [4.69, 9.17) is 10.5 Å². The van der Waals surface area contributed by atoms with Crippen LogP contribution in [0.15, 0.2) is 0 Å². The first-order chi connectivity index (χ1) is 5.26. The van der Waals surface area contributed by atoms with E-state index in [1.807, 2.05) is 6.92 Å². The quantitative estimate of drug-likeness (QED) is 0.607. The van der Waals surface area contributed by atoms with Gasteiger partial charge in [0.25, 0.3) is 0 Å². The molecule has 0 bridgehead atoms. The molecule has 2 N–H and O–H groups in total. The van der Waals surface area contributed by atoms with Gasteiger partial charge in [-0.25, -0.2) is 0 Å². The minimum atomic E-state index is -0.156. The van der Waals surface area contributed by atoms with Crippen LogP contribution in [-0.2, 0) is 9.53 Å². The fraction of sp³-hybridized carbons (Fsp3) is 0.875. The number of carbonyl (C=O) groups is 1. The topological polar surface area (TPSA) is 52.3 Å². The molecule has 1 unspecified atom stereocenters. The van der Waals surface area contributed by atoms with Gasteiger partial charge in [0.2, 0.25) is 0 Å². The average molecular weight is 159 g/mol. The summed E-state index contributed by atoms with van der Waals surface area (Å²) in [4.78, 5) is 11.1. The third-order valence-electron chi connectivity index (χ3n) is 1.54. The van der Waals surface area contributed by atoms with Crippen molar-refractivity contribution < 1.29 is 9.53 Å². The third kappa shape index (κ3) is 3.98. The normalized spacial score (nSPS) is 12.6. The van der Waals surface area contributed by atoms with Crippen LogP contribution in [0, 0.1) is 5.92 Å². The summed E-state index contributed by atoms with van der Waals surface area (Å²) in [7, 11) is 0. The van der Waals surface area contributed by atoms with E-state index in [1.165, 1.54) is 0 Å². The van der Waals surface area contributed by atoms with Crippen LogP contribution in [0.25, 0.3) is 0 Å². The molecule has 11 heavy (non-hydrogen) atoms. The summed E-state index contributed by atoms with van der Waals surface area (Å²) in [5.41, 5.74) is 5.39. The second kappa shape index (κ2) is 6.16. The fourth-order valence-electron chi connectivity index (χ4n) is 0.940. The van der Waals surface area contributed by atoms with Gasteiger partial charge in [-0.15, -0.1) is 0 Å². The van der Waals surface area contributed by atoms with Gasteiger partial charge in [0.05, 0.1) is 12.5 Å². The summed E-state index contributed by atoms with van der Waals surface area (Å²) in [5, 5.41) is 0. The van der Waals surface area contributed by atoms with E-state index in [9.17, 15) is 4.79 Å². The Labute approximate surface area is 67.9 Å². The summed E-state index contributed by atoms with van der Waals surface area (Å²) < 4.78 is 4.83. The van der Waals surface area contributed by atoms with Gasteiger partial charge in [-0.3, -0.25) is 4.79 Å². The number of nitrogens with two attached hydrogens (primary N) is 1. The van der Waals surface area contributed by atoms with Gasteiger partial charge >= 0.3 is 5.97 Å². The lowest BCUT2D eigenvalue weighted by atomic mass is 10.0. The SMILES string of the molecule is CCCC(CN)C(=O)OCC. The zero-order chi connectivity index (χ0) is 8.69. The zero-order valence-corrected chi connectivity index (χ0v) is 7.30. The Morgan fingerprint density at radius 2 is 2.18 bits per heavy atom. The van der Waals surface area contributed by atoms with Crippen LogP contribution in [0.4, 0.5) is 0 Å². The minimum Gasteiger partial charge on any atom is -0.466 e. The predicted molar refractivity (Wildman–Crippen MR) is 44.1 cm³/mol. The van der Waals surface area contributed by atoms with Gasteiger partial charge in [0.1, 0.15) is 0 Å². The van der Waals surface area contributed by atoms with Crippen molar-refractivity contribution >= 4 is 5.97 Å². The summed E-state index contributed by atoms with van der Waals surface area (Å²) in [6.07, 6.45) is 1.80. The van der Waals surface area contributed by atoms with Gasteiger partial charge in [-0.05, 0) is 13.3 Å². The smallest absolute Gasteiger partial charge is 0.310 e. The van der Waals surface area contributed by atoms with Crippen molar-refractivity contribution in [2.75, 3.05) is 13.2 Å². The first-order valence-electron chi connectivity index (χ1n) is 4.12. The lowest BCUT2D eigenvalue weighted by molar-refractivity contribution is -0.147. The molecule has 0 aromatic rings. The molecule has 0 radical (unpaired) electrons. The molecule has 1 atom stereocenters. The lowest BCUT2D eigenvalue weighted by Crippen LogP contribution is -2.25. The van der Waals surface area contributed by atoms with Crippen LogP contribution < -0.4 is 5.73 Å². The molecule has 0 aromatic carbocycles. The van der Waals surface area contributed by atoms with E-state index in [0.29, 0.717) is 13.2 Å². The first kappa shape index (κ1) is 10.4. The Bertz CT molecular complexity index is 115. The van der Waals surface area contributed by atoms with E-state index in [2.05, 4.69) is 0 Å².